The first-order valence-corrected chi connectivity index (χ1v) is 7.54. The summed E-state index contributed by atoms with van der Waals surface area (Å²) in [4.78, 5) is 13.6. The lowest BCUT2D eigenvalue weighted by molar-refractivity contribution is -0.145. The van der Waals surface area contributed by atoms with Crippen molar-refractivity contribution in [1.82, 2.24) is 4.90 Å². The van der Waals surface area contributed by atoms with Crippen LogP contribution in [0.15, 0.2) is 24.3 Å². The summed E-state index contributed by atoms with van der Waals surface area (Å²) in [5.41, 5.74) is 2.62. The fourth-order valence-electron chi connectivity index (χ4n) is 3.01. The van der Waals surface area contributed by atoms with E-state index in [1.165, 1.54) is 11.1 Å². The summed E-state index contributed by atoms with van der Waals surface area (Å²) in [7, 11) is 0. The van der Waals surface area contributed by atoms with Crippen molar-refractivity contribution < 1.29 is 9.90 Å². The Hall–Kier alpha value is -1.35. The van der Waals surface area contributed by atoms with Crippen LogP contribution in [0.4, 0.5) is 0 Å². The quantitative estimate of drug-likeness (QED) is 0.914. The minimum absolute atomic E-state index is 0.117. The van der Waals surface area contributed by atoms with Crippen molar-refractivity contribution >= 4 is 5.97 Å². The van der Waals surface area contributed by atoms with Gasteiger partial charge in [-0.3, -0.25) is 9.69 Å². The number of nitrogens with zero attached hydrogens (tertiary/aromatic N) is 1. The summed E-state index contributed by atoms with van der Waals surface area (Å²) < 4.78 is 0. The van der Waals surface area contributed by atoms with Gasteiger partial charge in [-0.2, -0.15) is 0 Å². The molecule has 0 bridgehead atoms. The largest absolute Gasteiger partial charge is 0.481 e. The number of carboxylic acid groups (broad SMARTS) is 1. The predicted octanol–water partition coefficient (Wildman–Crippen LogP) is 3.50. The Labute approximate surface area is 121 Å². The smallest absolute Gasteiger partial charge is 0.308 e. The van der Waals surface area contributed by atoms with Crippen LogP contribution in [0.3, 0.4) is 0 Å². The molecule has 1 aliphatic heterocycles. The third-order valence-electron chi connectivity index (χ3n) is 4.47. The summed E-state index contributed by atoms with van der Waals surface area (Å²) >= 11 is 0. The van der Waals surface area contributed by atoms with Crippen LogP contribution in [-0.2, 0) is 11.3 Å². The molecular formula is C17H25NO2. The van der Waals surface area contributed by atoms with Crippen LogP contribution < -0.4 is 0 Å². The highest BCUT2D eigenvalue weighted by atomic mass is 16.4. The molecule has 0 saturated carbocycles. The van der Waals surface area contributed by atoms with Crippen molar-refractivity contribution in [1.29, 1.82) is 0 Å². The average molecular weight is 275 g/mol. The molecular weight excluding hydrogens is 250 g/mol. The van der Waals surface area contributed by atoms with Crippen molar-refractivity contribution in [3.05, 3.63) is 35.4 Å². The van der Waals surface area contributed by atoms with E-state index in [0.29, 0.717) is 5.92 Å². The first-order chi connectivity index (χ1) is 9.49. The number of likely N-dealkylation sites (tertiary alicyclic amines) is 1. The molecule has 1 aromatic rings. The van der Waals surface area contributed by atoms with E-state index in [2.05, 4.69) is 43.0 Å². The number of hydrogen-bond donors (Lipinski definition) is 1. The van der Waals surface area contributed by atoms with Crippen molar-refractivity contribution in [3.8, 4) is 0 Å². The molecule has 1 aliphatic rings. The zero-order valence-corrected chi connectivity index (χ0v) is 12.7. The topological polar surface area (TPSA) is 40.5 Å². The molecule has 0 radical (unpaired) electrons. The lowest BCUT2D eigenvalue weighted by atomic mass is 9.90. The van der Waals surface area contributed by atoms with E-state index in [-0.39, 0.29) is 12.0 Å². The second kappa shape index (κ2) is 6.40. The van der Waals surface area contributed by atoms with Gasteiger partial charge < -0.3 is 5.11 Å². The lowest BCUT2D eigenvalue weighted by Crippen LogP contribution is -2.45. The Morgan fingerprint density at radius 1 is 1.35 bits per heavy atom. The van der Waals surface area contributed by atoms with Gasteiger partial charge in [0.15, 0.2) is 0 Å². The maximum atomic E-state index is 11.3. The Balaban J connectivity index is 2.03. The first-order valence-electron chi connectivity index (χ1n) is 7.54. The lowest BCUT2D eigenvalue weighted by Gasteiger charge is -2.37. The Bertz CT molecular complexity index is 453. The molecule has 3 heteroatoms. The van der Waals surface area contributed by atoms with Crippen LogP contribution >= 0.6 is 0 Å². The van der Waals surface area contributed by atoms with E-state index >= 15 is 0 Å². The maximum absolute atomic E-state index is 11.3. The average Bonchev–Trinajstić information content (AvgIpc) is 2.41. The normalized spacial score (nSPS) is 24.0. The number of hydrogen-bond acceptors (Lipinski definition) is 2. The molecule has 0 unspecified atom stereocenters. The zero-order chi connectivity index (χ0) is 14.7. The fourth-order valence-corrected chi connectivity index (χ4v) is 3.01. The number of carbonyl (C=O) groups is 1. The van der Waals surface area contributed by atoms with Gasteiger partial charge in [-0.25, -0.2) is 0 Å². The third-order valence-corrected chi connectivity index (χ3v) is 4.47. The molecule has 3 nitrogen and oxygen atoms in total. The van der Waals surface area contributed by atoms with E-state index in [1.807, 2.05) is 6.92 Å². The van der Waals surface area contributed by atoms with Crippen LogP contribution in [0.2, 0.25) is 0 Å². The summed E-state index contributed by atoms with van der Waals surface area (Å²) in [6.07, 6.45) is 1.78. The van der Waals surface area contributed by atoms with Gasteiger partial charge in [0, 0.05) is 12.6 Å². The second-order valence-electron chi connectivity index (χ2n) is 6.19. The standard InChI is InChI=1S/C17H25NO2/c1-12(2)15-8-6-14(7-9-15)11-18-10-4-5-16(13(18)3)17(19)20/h6-9,12-13,16H,4-5,10-11H2,1-3H3,(H,19,20)/t13-,16-/m0/s1. The molecule has 1 N–H and O–H groups in total. The summed E-state index contributed by atoms with van der Waals surface area (Å²) in [5, 5.41) is 9.26. The van der Waals surface area contributed by atoms with E-state index < -0.39 is 5.97 Å². The molecule has 2 atom stereocenters. The summed E-state index contributed by atoms with van der Waals surface area (Å²) in [6.45, 7) is 8.28. The fraction of sp³-hybridized carbons (Fsp3) is 0.588. The van der Waals surface area contributed by atoms with E-state index in [4.69, 9.17) is 0 Å². The molecule has 1 heterocycles. The minimum Gasteiger partial charge on any atom is -0.481 e. The van der Waals surface area contributed by atoms with Crippen LogP contribution in [0.25, 0.3) is 0 Å². The van der Waals surface area contributed by atoms with Crippen molar-refractivity contribution in [2.45, 2.75) is 52.1 Å². The molecule has 0 aliphatic carbocycles. The first kappa shape index (κ1) is 15.0. The third kappa shape index (κ3) is 3.40. The van der Waals surface area contributed by atoms with Gasteiger partial charge in [0.05, 0.1) is 5.92 Å². The molecule has 0 amide bonds. The molecule has 1 fully saturated rings. The number of aliphatic carboxylic acids is 1. The Kier molecular flexibility index (Phi) is 4.81. The summed E-state index contributed by atoms with van der Waals surface area (Å²) in [5.74, 6) is -0.328. The molecule has 1 aromatic carbocycles. The predicted molar refractivity (Wildman–Crippen MR) is 80.8 cm³/mol. The highest BCUT2D eigenvalue weighted by Crippen LogP contribution is 2.25. The van der Waals surface area contributed by atoms with E-state index in [0.717, 1.165) is 25.9 Å². The molecule has 1 saturated heterocycles. The molecule has 2 rings (SSSR count). The number of carboxylic acids is 1. The van der Waals surface area contributed by atoms with Crippen LogP contribution in [0.5, 0.6) is 0 Å². The van der Waals surface area contributed by atoms with Gasteiger partial charge in [0.25, 0.3) is 0 Å². The van der Waals surface area contributed by atoms with Gasteiger partial charge in [-0.05, 0) is 43.4 Å². The zero-order valence-electron chi connectivity index (χ0n) is 12.7. The Morgan fingerprint density at radius 3 is 2.55 bits per heavy atom. The van der Waals surface area contributed by atoms with Crippen molar-refractivity contribution in [3.63, 3.8) is 0 Å². The summed E-state index contributed by atoms with van der Waals surface area (Å²) in [6, 6.07) is 8.83. The van der Waals surface area contributed by atoms with Crippen LogP contribution in [-0.4, -0.2) is 28.6 Å². The van der Waals surface area contributed by atoms with Gasteiger partial charge in [0.1, 0.15) is 0 Å². The second-order valence-corrected chi connectivity index (χ2v) is 6.19. The highest BCUT2D eigenvalue weighted by molar-refractivity contribution is 5.70. The Morgan fingerprint density at radius 2 is 2.00 bits per heavy atom. The molecule has 110 valence electrons. The van der Waals surface area contributed by atoms with Crippen LogP contribution in [0.1, 0.15) is 50.7 Å². The highest BCUT2D eigenvalue weighted by Gasteiger charge is 2.32. The maximum Gasteiger partial charge on any atom is 0.308 e. The molecule has 20 heavy (non-hydrogen) atoms. The van der Waals surface area contributed by atoms with Gasteiger partial charge in [-0.1, -0.05) is 38.1 Å². The number of piperidine rings is 1. The number of benzene rings is 1. The number of rotatable bonds is 4. The van der Waals surface area contributed by atoms with Gasteiger partial charge in [-0.15, -0.1) is 0 Å². The van der Waals surface area contributed by atoms with E-state index in [1.54, 1.807) is 0 Å². The monoisotopic (exact) mass is 275 g/mol. The van der Waals surface area contributed by atoms with Crippen molar-refractivity contribution in [2.24, 2.45) is 5.92 Å². The van der Waals surface area contributed by atoms with E-state index in [9.17, 15) is 9.90 Å². The molecule has 0 spiro atoms. The molecule has 0 aromatic heterocycles. The van der Waals surface area contributed by atoms with Gasteiger partial charge >= 0.3 is 5.97 Å². The SMILES string of the molecule is CC(C)c1ccc(CN2CCC[C@H](C(=O)O)[C@@H]2C)cc1. The van der Waals surface area contributed by atoms with Crippen molar-refractivity contribution in [2.75, 3.05) is 6.54 Å². The van der Waals surface area contributed by atoms with Gasteiger partial charge in [0.2, 0.25) is 0 Å². The minimum atomic E-state index is -0.655. The van der Waals surface area contributed by atoms with Crippen LogP contribution in [0, 0.1) is 5.92 Å².